The van der Waals surface area contributed by atoms with E-state index in [-0.39, 0.29) is 0 Å². The first-order valence-electron chi connectivity index (χ1n) is 7.22. The van der Waals surface area contributed by atoms with Crippen molar-refractivity contribution < 1.29 is 0 Å². The maximum Gasteiger partial charge on any atom is 0.0948 e. The molecule has 0 radical (unpaired) electrons. The van der Waals surface area contributed by atoms with Crippen LogP contribution >= 0.6 is 0 Å². The topological polar surface area (TPSA) is 33.1 Å². The first-order chi connectivity index (χ1) is 8.85. The highest BCUT2D eigenvalue weighted by Crippen LogP contribution is 2.21. The number of rotatable bonds is 6. The van der Waals surface area contributed by atoms with E-state index in [0.717, 1.165) is 25.7 Å². The Morgan fingerprint density at radius 3 is 3.11 bits per heavy atom. The number of aromatic nitrogens is 2. The summed E-state index contributed by atoms with van der Waals surface area (Å²) in [5.74, 6) is 0. The molecule has 4 nitrogen and oxygen atoms in total. The Hall–Kier alpha value is -0.870. The van der Waals surface area contributed by atoms with Crippen molar-refractivity contribution >= 4 is 0 Å². The van der Waals surface area contributed by atoms with Crippen LogP contribution in [-0.2, 0) is 13.1 Å². The average molecular weight is 250 g/mol. The Balaban J connectivity index is 1.96. The number of likely N-dealkylation sites (tertiary alicyclic amines) is 1. The Bertz CT molecular complexity index is 347. The summed E-state index contributed by atoms with van der Waals surface area (Å²) in [4.78, 5) is 6.91. The van der Waals surface area contributed by atoms with Crippen LogP contribution in [0.15, 0.2) is 12.5 Å². The molecule has 0 aliphatic carbocycles. The van der Waals surface area contributed by atoms with Crippen LogP contribution in [0.4, 0.5) is 0 Å². The van der Waals surface area contributed by atoms with Crippen molar-refractivity contribution in [3.05, 3.63) is 18.2 Å². The summed E-state index contributed by atoms with van der Waals surface area (Å²) in [6.07, 6.45) is 9.31. The lowest BCUT2D eigenvalue weighted by atomic mass is 9.99. The molecule has 1 saturated heterocycles. The van der Waals surface area contributed by atoms with Gasteiger partial charge in [-0.05, 0) is 46.3 Å². The van der Waals surface area contributed by atoms with Gasteiger partial charge in [-0.2, -0.15) is 0 Å². The minimum absolute atomic E-state index is 0.742. The first-order valence-corrected chi connectivity index (χ1v) is 7.22. The second-order valence-electron chi connectivity index (χ2n) is 5.18. The molecule has 1 aliphatic heterocycles. The lowest BCUT2D eigenvalue weighted by Gasteiger charge is -2.35. The second-order valence-corrected chi connectivity index (χ2v) is 5.18. The van der Waals surface area contributed by atoms with Crippen LogP contribution in [0.25, 0.3) is 0 Å². The van der Waals surface area contributed by atoms with Gasteiger partial charge in [0.05, 0.1) is 12.0 Å². The van der Waals surface area contributed by atoms with Crippen LogP contribution < -0.4 is 5.32 Å². The molecular weight excluding hydrogens is 224 g/mol. The standard InChI is InChI=1S/C14H26N4/c1-3-17-12-16-10-14(17)11-18-9-5-4-6-13(18)7-8-15-2/h10,12-13,15H,3-9,11H2,1-2H3. The van der Waals surface area contributed by atoms with E-state index in [1.165, 1.54) is 37.9 Å². The Kier molecular flexibility index (Phi) is 5.20. The van der Waals surface area contributed by atoms with Crippen LogP contribution in [0, 0.1) is 0 Å². The van der Waals surface area contributed by atoms with Crippen LogP contribution in [-0.4, -0.2) is 40.6 Å². The largest absolute Gasteiger partial charge is 0.334 e. The number of hydrogen-bond donors (Lipinski definition) is 1. The summed E-state index contributed by atoms with van der Waals surface area (Å²) in [6, 6.07) is 0.742. The molecule has 4 heteroatoms. The maximum atomic E-state index is 4.27. The van der Waals surface area contributed by atoms with Crippen molar-refractivity contribution in [1.29, 1.82) is 0 Å². The van der Waals surface area contributed by atoms with Gasteiger partial charge in [0, 0.05) is 25.3 Å². The normalized spacial score (nSPS) is 21.3. The molecule has 0 amide bonds. The molecule has 18 heavy (non-hydrogen) atoms. The fourth-order valence-corrected chi connectivity index (χ4v) is 2.88. The maximum absolute atomic E-state index is 4.27. The van der Waals surface area contributed by atoms with Crippen molar-refractivity contribution in [2.75, 3.05) is 20.1 Å². The molecule has 102 valence electrons. The molecule has 0 saturated carbocycles. The lowest BCUT2D eigenvalue weighted by molar-refractivity contribution is 0.129. The van der Waals surface area contributed by atoms with E-state index in [9.17, 15) is 0 Å². The van der Waals surface area contributed by atoms with Crippen LogP contribution in [0.5, 0.6) is 0 Å². The van der Waals surface area contributed by atoms with Gasteiger partial charge in [-0.15, -0.1) is 0 Å². The molecule has 1 aliphatic rings. The van der Waals surface area contributed by atoms with Crippen molar-refractivity contribution in [2.24, 2.45) is 0 Å². The molecule has 1 unspecified atom stereocenters. The van der Waals surface area contributed by atoms with Gasteiger partial charge in [0.15, 0.2) is 0 Å². The summed E-state index contributed by atoms with van der Waals surface area (Å²) in [6.45, 7) is 6.62. The number of aryl methyl sites for hydroxylation is 1. The van der Waals surface area contributed by atoms with Crippen LogP contribution in [0.1, 0.15) is 38.3 Å². The summed E-state index contributed by atoms with van der Waals surface area (Å²) in [5.41, 5.74) is 1.36. The average Bonchev–Trinajstić information content (AvgIpc) is 2.85. The highest BCUT2D eigenvalue weighted by atomic mass is 15.2. The molecule has 1 N–H and O–H groups in total. The number of imidazole rings is 1. The van der Waals surface area contributed by atoms with E-state index >= 15 is 0 Å². The summed E-state index contributed by atoms with van der Waals surface area (Å²) in [7, 11) is 2.04. The number of nitrogens with zero attached hydrogens (tertiary/aromatic N) is 3. The first kappa shape index (κ1) is 13.6. The molecular formula is C14H26N4. The van der Waals surface area contributed by atoms with E-state index in [2.05, 4.69) is 26.7 Å². The van der Waals surface area contributed by atoms with Crippen molar-refractivity contribution in [3.63, 3.8) is 0 Å². The molecule has 0 spiro atoms. The van der Waals surface area contributed by atoms with Gasteiger partial charge >= 0.3 is 0 Å². The quantitative estimate of drug-likeness (QED) is 0.836. The smallest absolute Gasteiger partial charge is 0.0948 e. The zero-order valence-corrected chi connectivity index (χ0v) is 11.7. The Morgan fingerprint density at radius 1 is 1.44 bits per heavy atom. The summed E-state index contributed by atoms with van der Waals surface area (Å²) >= 11 is 0. The van der Waals surface area contributed by atoms with E-state index < -0.39 is 0 Å². The van der Waals surface area contributed by atoms with Crippen molar-refractivity contribution in [3.8, 4) is 0 Å². The van der Waals surface area contributed by atoms with Gasteiger partial charge in [0.2, 0.25) is 0 Å². The monoisotopic (exact) mass is 250 g/mol. The lowest BCUT2D eigenvalue weighted by Crippen LogP contribution is -2.40. The third-order valence-corrected chi connectivity index (χ3v) is 3.98. The molecule has 2 rings (SSSR count). The predicted octanol–water partition coefficient (Wildman–Crippen LogP) is 1.87. The molecule has 1 aromatic rings. The van der Waals surface area contributed by atoms with Gasteiger partial charge in [-0.1, -0.05) is 6.42 Å². The Morgan fingerprint density at radius 2 is 2.33 bits per heavy atom. The van der Waals surface area contributed by atoms with Gasteiger partial charge in [0.1, 0.15) is 0 Å². The minimum atomic E-state index is 0.742. The fourth-order valence-electron chi connectivity index (χ4n) is 2.88. The highest BCUT2D eigenvalue weighted by molar-refractivity contribution is 4.99. The molecule has 1 atom stereocenters. The van der Waals surface area contributed by atoms with Gasteiger partial charge in [-0.3, -0.25) is 4.90 Å². The molecule has 0 bridgehead atoms. The number of hydrogen-bond acceptors (Lipinski definition) is 3. The zero-order valence-electron chi connectivity index (χ0n) is 11.7. The molecule has 0 aromatic carbocycles. The van der Waals surface area contributed by atoms with E-state index in [1.54, 1.807) is 0 Å². The zero-order chi connectivity index (χ0) is 12.8. The molecule has 1 aromatic heterocycles. The summed E-state index contributed by atoms with van der Waals surface area (Å²) < 4.78 is 2.25. The third-order valence-electron chi connectivity index (χ3n) is 3.98. The second kappa shape index (κ2) is 6.90. The third kappa shape index (κ3) is 3.33. The van der Waals surface area contributed by atoms with E-state index in [4.69, 9.17) is 0 Å². The number of piperidine rings is 1. The summed E-state index contributed by atoms with van der Waals surface area (Å²) in [5, 5.41) is 3.27. The minimum Gasteiger partial charge on any atom is -0.334 e. The SMILES string of the molecule is CCn1cncc1CN1CCCCC1CCNC. The van der Waals surface area contributed by atoms with E-state index in [0.29, 0.717) is 0 Å². The molecule has 1 fully saturated rings. The van der Waals surface area contributed by atoms with Crippen molar-refractivity contribution in [2.45, 2.75) is 51.7 Å². The van der Waals surface area contributed by atoms with Gasteiger partial charge in [-0.25, -0.2) is 4.98 Å². The van der Waals surface area contributed by atoms with E-state index in [1.807, 2.05) is 19.6 Å². The molecule has 2 heterocycles. The van der Waals surface area contributed by atoms with Gasteiger partial charge in [0.25, 0.3) is 0 Å². The van der Waals surface area contributed by atoms with Crippen molar-refractivity contribution in [1.82, 2.24) is 19.8 Å². The number of nitrogens with one attached hydrogen (secondary N) is 1. The van der Waals surface area contributed by atoms with Gasteiger partial charge < -0.3 is 9.88 Å². The fraction of sp³-hybridized carbons (Fsp3) is 0.786. The Labute approximate surface area is 110 Å². The predicted molar refractivity (Wildman–Crippen MR) is 74.5 cm³/mol. The van der Waals surface area contributed by atoms with Crippen LogP contribution in [0.2, 0.25) is 0 Å². The van der Waals surface area contributed by atoms with Crippen LogP contribution in [0.3, 0.4) is 0 Å². The highest BCUT2D eigenvalue weighted by Gasteiger charge is 2.22.